The zero-order valence-electron chi connectivity index (χ0n) is 16.1. The second kappa shape index (κ2) is 8.25. The molecule has 1 saturated heterocycles. The molecule has 29 heavy (non-hydrogen) atoms. The van der Waals surface area contributed by atoms with E-state index in [0.717, 1.165) is 18.7 Å². The highest BCUT2D eigenvalue weighted by molar-refractivity contribution is 6.30. The fraction of sp³-hybridized carbons (Fsp3) is 0.273. The van der Waals surface area contributed by atoms with Crippen LogP contribution in [0.4, 0.5) is 10.1 Å². The Hall–Kier alpha value is -2.86. The SMILES string of the molecule is Cc1nc(-c2ccc(F)cc2)c(C(=O)N2CCCN(c3cccc(Cl)c3)CC2)o1. The number of hydrogen-bond acceptors (Lipinski definition) is 4. The summed E-state index contributed by atoms with van der Waals surface area (Å²) in [6.07, 6.45) is 0.831. The average Bonchev–Trinajstić information content (AvgIpc) is 2.94. The van der Waals surface area contributed by atoms with Gasteiger partial charge in [-0.15, -0.1) is 0 Å². The summed E-state index contributed by atoms with van der Waals surface area (Å²) in [4.78, 5) is 21.6. The van der Waals surface area contributed by atoms with Crippen molar-refractivity contribution in [2.24, 2.45) is 0 Å². The summed E-state index contributed by atoms with van der Waals surface area (Å²) in [5.41, 5.74) is 2.15. The van der Waals surface area contributed by atoms with E-state index >= 15 is 0 Å². The molecule has 5 nitrogen and oxygen atoms in total. The van der Waals surface area contributed by atoms with Crippen molar-refractivity contribution in [1.29, 1.82) is 0 Å². The molecule has 1 fully saturated rings. The third kappa shape index (κ3) is 4.27. The Morgan fingerprint density at radius 2 is 1.90 bits per heavy atom. The first-order valence-electron chi connectivity index (χ1n) is 9.54. The topological polar surface area (TPSA) is 49.6 Å². The minimum atomic E-state index is -0.338. The van der Waals surface area contributed by atoms with Crippen molar-refractivity contribution in [2.45, 2.75) is 13.3 Å². The number of anilines is 1. The van der Waals surface area contributed by atoms with Gasteiger partial charge in [0.1, 0.15) is 11.5 Å². The van der Waals surface area contributed by atoms with Gasteiger partial charge < -0.3 is 14.2 Å². The molecule has 0 unspecified atom stereocenters. The maximum atomic E-state index is 13.3. The molecule has 150 valence electrons. The first kappa shape index (κ1) is 19.5. The lowest BCUT2D eigenvalue weighted by Crippen LogP contribution is -2.35. The minimum absolute atomic E-state index is 0.196. The van der Waals surface area contributed by atoms with Crippen LogP contribution in [0.25, 0.3) is 11.3 Å². The molecule has 1 aromatic heterocycles. The Bertz CT molecular complexity index is 1020. The Balaban J connectivity index is 1.54. The van der Waals surface area contributed by atoms with Crippen LogP contribution in [0.2, 0.25) is 5.02 Å². The van der Waals surface area contributed by atoms with Crippen LogP contribution in [0.5, 0.6) is 0 Å². The smallest absolute Gasteiger partial charge is 0.292 e. The quantitative estimate of drug-likeness (QED) is 0.619. The lowest BCUT2D eigenvalue weighted by molar-refractivity contribution is 0.0734. The molecule has 0 aliphatic carbocycles. The van der Waals surface area contributed by atoms with Crippen LogP contribution in [0.3, 0.4) is 0 Å². The van der Waals surface area contributed by atoms with E-state index in [-0.39, 0.29) is 17.5 Å². The van der Waals surface area contributed by atoms with Crippen LogP contribution in [-0.4, -0.2) is 42.0 Å². The molecular weight excluding hydrogens is 393 g/mol. The fourth-order valence-corrected chi connectivity index (χ4v) is 3.76. The van der Waals surface area contributed by atoms with Gasteiger partial charge in [-0.2, -0.15) is 0 Å². The van der Waals surface area contributed by atoms with Gasteiger partial charge in [0.15, 0.2) is 5.89 Å². The van der Waals surface area contributed by atoms with E-state index in [9.17, 15) is 9.18 Å². The Labute approximate surface area is 173 Å². The predicted molar refractivity (Wildman–Crippen MR) is 111 cm³/mol. The molecule has 1 aliphatic heterocycles. The van der Waals surface area contributed by atoms with Crippen LogP contribution >= 0.6 is 11.6 Å². The summed E-state index contributed by atoms with van der Waals surface area (Å²) in [5, 5.41) is 0.695. The number of carbonyl (C=O) groups is 1. The molecule has 3 aromatic rings. The standard InChI is InChI=1S/C22H21ClFN3O2/c1-15-25-20(16-6-8-18(24)9-7-16)21(29-15)22(28)27-11-3-10-26(12-13-27)19-5-2-4-17(23)14-19/h2,4-9,14H,3,10-13H2,1H3. The van der Waals surface area contributed by atoms with Crippen molar-refractivity contribution in [3.05, 3.63) is 71.0 Å². The lowest BCUT2D eigenvalue weighted by atomic mass is 10.1. The zero-order chi connectivity index (χ0) is 20.4. The minimum Gasteiger partial charge on any atom is -0.435 e. The molecular formula is C22H21ClFN3O2. The normalized spacial score (nSPS) is 14.7. The maximum Gasteiger partial charge on any atom is 0.292 e. The van der Waals surface area contributed by atoms with Gasteiger partial charge in [0.05, 0.1) is 0 Å². The van der Waals surface area contributed by atoms with Crippen LogP contribution in [0.15, 0.2) is 52.9 Å². The highest BCUT2D eigenvalue weighted by Gasteiger charge is 2.27. The third-order valence-corrected chi connectivity index (χ3v) is 5.24. The molecule has 1 aliphatic rings. The molecule has 2 aromatic carbocycles. The van der Waals surface area contributed by atoms with Crippen molar-refractivity contribution < 1.29 is 13.6 Å². The Morgan fingerprint density at radius 1 is 1.10 bits per heavy atom. The first-order valence-corrected chi connectivity index (χ1v) is 9.92. The zero-order valence-corrected chi connectivity index (χ0v) is 16.8. The van der Waals surface area contributed by atoms with Crippen LogP contribution in [-0.2, 0) is 0 Å². The van der Waals surface area contributed by atoms with Gasteiger partial charge in [-0.25, -0.2) is 9.37 Å². The number of aromatic nitrogens is 1. The number of oxazole rings is 1. The summed E-state index contributed by atoms with van der Waals surface area (Å²) in [6.45, 7) is 4.43. The lowest BCUT2D eigenvalue weighted by Gasteiger charge is -2.23. The van der Waals surface area contributed by atoms with Gasteiger partial charge in [0.25, 0.3) is 5.91 Å². The third-order valence-electron chi connectivity index (χ3n) is 5.00. The van der Waals surface area contributed by atoms with Crippen molar-refractivity contribution >= 4 is 23.2 Å². The summed E-state index contributed by atoms with van der Waals surface area (Å²) < 4.78 is 18.9. The summed E-state index contributed by atoms with van der Waals surface area (Å²) >= 11 is 6.12. The number of benzene rings is 2. The van der Waals surface area contributed by atoms with E-state index in [4.69, 9.17) is 16.0 Å². The number of hydrogen-bond donors (Lipinski definition) is 0. The molecule has 4 rings (SSSR count). The van der Waals surface area contributed by atoms with Gasteiger partial charge in [0.2, 0.25) is 5.76 Å². The molecule has 0 atom stereocenters. The average molecular weight is 414 g/mol. The van der Waals surface area contributed by atoms with Crippen molar-refractivity contribution in [3.63, 3.8) is 0 Å². The van der Waals surface area contributed by atoms with Crippen molar-refractivity contribution in [3.8, 4) is 11.3 Å². The number of aryl methyl sites for hydroxylation is 1. The van der Waals surface area contributed by atoms with E-state index < -0.39 is 0 Å². The van der Waals surface area contributed by atoms with Crippen molar-refractivity contribution in [1.82, 2.24) is 9.88 Å². The highest BCUT2D eigenvalue weighted by atomic mass is 35.5. The van der Waals surface area contributed by atoms with Crippen LogP contribution in [0.1, 0.15) is 22.9 Å². The summed E-state index contributed by atoms with van der Waals surface area (Å²) in [6, 6.07) is 13.6. The molecule has 0 radical (unpaired) electrons. The van der Waals surface area contributed by atoms with E-state index in [1.807, 2.05) is 24.3 Å². The molecule has 0 N–H and O–H groups in total. The fourth-order valence-electron chi connectivity index (χ4n) is 3.57. The second-order valence-corrected chi connectivity index (χ2v) is 7.47. The number of halogens is 2. The number of rotatable bonds is 3. The van der Waals surface area contributed by atoms with Gasteiger partial charge >= 0.3 is 0 Å². The van der Waals surface area contributed by atoms with Crippen molar-refractivity contribution in [2.75, 3.05) is 31.1 Å². The Morgan fingerprint density at radius 3 is 2.66 bits per heavy atom. The maximum absolute atomic E-state index is 13.3. The van der Waals surface area contributed by atoms with Gasteiger partial charge in [-0.1, -0.05) is 17.7 Å². The summed E-state index contributed by atoms with van der Waals surface area (Å²) in [7, 11) is 0. The largest absolute Gasteiger partial charge is 0.435 e. The molecule has 0 saturated carbocycles. The molecule has 0 spiro atoms. The van der Waals surface area contributed by atoms with Crippen LogP contribution < -0.4 is 4.90 Å². The number of carbonyl (C=O) groups excluding carboxylic acids is 1. The first-order chi connectivity index (χ1) is 14.0. The molecule has 2 heterocycles. The van der Waals surface area contributed by atoms with Crippen LogP contribution in [0, 0.1) is 12.7 Å². The van der Waals surface area contributed by atoms with E-state index in [0.29, 0.717) is 41.8 Å². The predicted octanol–water partition coefficient (Wildman–Crippen LogP) is 4.80. The van der Waals surface area contributed by atoms with Gasteiger partial charge in [-0.05, 0) is 48.9 Å². The van der Waals surface area contributed by atoms with Gasteiger partial charge in [-0.3, -0.25) is 4.79 Å². The number of amides is 1. The monoisotopic (exact) mass is 413 g/mol. The summed E-state index contributed by atoms with van der Waals surface area (Å²) in [5.74, 6) is 0.0710. The van der Waals surface area contributed by atoms with E-state index in [2.05, 4.69) is 9.88 Å². The van der Waals surface area contributed by atoms with E-state index in [1.165, 1.54) is 12.1 Å². The Kier molecular flexibility index (Phi) is 5.53. The molecule has 0 bridgehead atoms. The second-order valence-electron chi connectivity index (χ2n) is 7.03. The van der Waals surface area contributed by atoms with Gasteiger partial charge in [0, 0.05) is 49.4 Å². The highest BCUT2D eigenvalue weighted by Crippen LogP contribution is 2.26. The molecule has 1 amide bonds. The number of nitrogens with zero attached hydrogens (tertiary/aromatic N) is 3. The van der Waals surface area contributed by atoms with E-state index in [1.54, 1.807) is 24.0 Å². The molecule has 7 heteroatoms.